The van der Waals surface area contributed by atoms with E-state index in [-0.39, 0.29) is 5.92 Å². The predicted octanol–water partition coefficient (Wildman–Crippen LogP) is 4.45. The van der Waals surface area contributed by atoms with Crippen LogP contribution in [0, 0.1) is 5.92 Å². The van der Waals surface area contributed by atoms with Crippen molar-refractivity contribution in [1.29, 1.82) is 0 Å². The van der Waals surface area contributed by atoms with Crippen molar-refractivity contribution >= 4 is 39.1 Å². The molecule has 0 radical (unpaired) electrons. The Morgan fingerprint density at radius 1 is 1.29 bits per heavy atom. The van der Waals surface area contributed by atoms with Gasteiger partial charge in [-0.25, -0.2) is 0 Å². The van der Waals surface area contributed by atoms with E-state index in [1.165, 1.54) is 0 Å². The molecule has 78 valence electrons. The maximum Gasteiger partial charge on any atom is 0.0842 e. The molecule has 0 aliphatic rings. The molecule has 0 fully saturated rings. The second-order valence-corrected chi connectivity index (χ2v) is 5.09. The molecule has 1 aromatic rings. The summed E-state index contributed by atoms with van der Waals surface area (Å²) in [4.78, 5) is 0. The van der Waals surface area contributed by atoms with E-state index in [4.69, 9.17) is 23.2 Å². The molecular weight excluding hydrogens is 287 g/mol. The van der Waals surface area contributed by atoms with Gasteiger partial charge in [0.15, 0.2) is 0 Å². The van der Waals surface area contributed by atoms with Gasteiger partial charge < -0.3 is 5.11 Å². The average Bonchev–Trinajstić information content (AvgIpc) is 2.12. The zero-order chi connectivity index (χ0) is 10.9. The fourth-order valence-corrected chi connectivity index (χ4v) is 2.09. The first-order valence-electron chi connectivity index (χ1n) is 4.26. The highest BCUT2D eigenvalue weighted by atomic mass is 79.9. The molecule has 0 saturated carbocycles. The van der Waals surface area contributed by atoms with Gasteiger partial charge in [-0.2, -0.15) is 0 Å². The molecule has 0 bridgehead atoms. The van der Waals surface area contributed by atoms with Crippen LogP contribution in [-0.2, 0) is 0 Å². The Kier molecular flexibility index (Phi) is 4.26. The van der Waals surface area contributed by atoms with E-state index in [1.54, 1.807) is 12.1 Å². The standard InChI is InChI=1S/C10H11BrCl2O/c1-5(2)10(14)8-7(12)4-3-6(11)9(8)13/h3-5,10,14H,1-2H3. The first-order chi connectivity index (χ1) is 6.45. The van der Waals surface area contributed by atoms with Crippen LogP contribution in [0.1, 0.15) is 25.5 Å². The maximum atomic E-state index is 9.89. The summed E-state index contributed by atoms with van der Waals surface area (Å²) in [6, 6.07) is 3.49. The average molecular weight is 298 g/mol. The number of aliphatic hydroxyl groups is 1. The second-order valence-electron chi connectivity index (χ2n) is 3.45. The molecule has 0 spiro atoms. The molecule has 4 heteroatoms. The number of rotatable bonds is 2. The minimum Gasteiger partial charge on any atom is -0.388 e. The zero-order valence-electron chi connectivity index (χ0n) is 7.89. The molecule has 1 unspecified atom stereocenters. The fourth-order valence-electron chi connectivity index (χ4n) is 1.15. The molecule has 1 aromatic carbocycles. The third kappa shape index (κ3) is 2.43. The fraction of sp³-hybridized carbons (Fsp3) is 0.400. The summed E-state index contributed by atoms with van der Waals surface area (Å²) in [5, 5.41) is 10.9. The van der Waals surface area contributed by atoms with E-state index in [0.29, 0.717) is 15.6 Å². The van der Waals surface area contributed by atoms with E-state index in [9.17, 15) is 5.11 Å². The summed E-state index contributed by atoms with van der Waals surface area (Å²) < 4.78 is 0.748. The molecule has 0 aliphatic carbocycles. The summed E-state index contributed by atoms with van der Waals surface area (Å²) in [5.74, 6) is 0.0827. The van der Waals surface area contributed by atoms with Gasteiger partial charge in [0.2, 0.25) is 0 Å². The monoisotopic (exact) mass is 296 g/mol. The smallest absolute Gasteiger partial charge is 0.0842 e. The molecule has 0 aliphatic heterocycles. The van der Waals surface area contributed by atoms with Crippen LogP contribution in [0.4, 0.5) is 0 Å². The van der Waals surface area contributed by atoms with Crippen LogP contribution in [0.2, 0.25) is 10.0 Å². The van der Waals surface area contributed by atoms with Crippen molar-refractivity contribution in [1.82, 2.24) is 0 Å². The van der Waals surface area contributed by atoms with Gasteiger partial charge in [0.25, 0.3) is 0 Å². The van der Waals surface area contributed by atoms with Crippen LogP contribution in [0.5, 0.6) is 0 Å². The van der Waals surface area contributed by atoms with Crippen molar-refractivity contribution < 1.29 is 5.11 Å². The van der Waals surface area contributed by atoms with Gasteiger partial charge in [-0.15, -0.1) is 0 Å². The quantitative estimate of drug-likeness (QED) is 0.800. The van der Waals surface area contributed by atoms with E-state index in [0.717, 1.165) is 4.47 Å². The Balaban J connectivity index is 3.25. The summed E-state index contributed by atoms with van der Waals surface area (Å²) in [6.45, 7) is 3.83. The number of hydrogen-bond donors (Lipinski definition) is 1. The van der Waals surface area contributed by atoms with Crippen LogP contribution in [0.25, 0.3) is 0 Å². The predicted molar refractivity (Wildman–Crippen MR) is 64.0 cm³/mol. The van der Waals surface area contributed by atoms with Gasteiger partial charge >= 0.3 is 0 Å². The molecule has 14 heavy (non-hydrogen) atoms. The summed E-state index contributed by atoms with van der Waals surface area (Å²) in [5.41, 5.74) is 0.595. The summed E-state index contributed by atoms with van der Waals surface area (Å²) >= 11 is 15.3. The molecule has 1 nitrogen and oxygen atoms in total. The Hall–Kier alpha value is 0.240. The third-order valence-corrected chi connectivity index (χ3v) is 3.63. The Labute approximate surface area is 102 Å². The SMILES string of the molecule is CC(C)C(O)c1c(Cl)ccc(Br)c1Cl. The molecule has 0 saturated heterocycles. The Morgan fingerprint density at radius 3 is 2.36 bits per heavy atom. The van der Waals surface area contributed by atoms with Gasteiger partial charge in [-0.3, -0.25) is 0 Å². The van der Waals surface area contributed by atoms with Gasteiger partial charge in [0, 0.05) is 15.1 Å². The van der Waals surface area contributed by atoms with Crippen molar-refractivity contribution in [3.05, 3.63) is 32.2 Å². The van der Waals surface area contributed by atoms with E-state index < -0.39 is 6.10 Å². The highest BCUT2D eigenvalue weighted by Gasteiger charge is 2.20. The topological polar surface area (TPSA) is 20.2 Å². The lowest BCUT2D eigenvalue weighted by Crippen LogP contribution is -2.07. The van der Waals surface area contributed by atoms with Crippen LogP contribution in [-0.4, -0.2) is 5.11 Å². The number of hydrogen-bond acceptors (Lipinski definition) is 1. The first-order valence-corrected chi connectivity index (χ1v) is 5.81. The van der Waals surface area contributed by atoms with Crippen LogP contribution in [0.3, 0.4) is 0 Å². The molecular formula is C10H11BrCl2O. The van der Waals surface area contributed by atoms with E-state index in [1.807, 2.05) is 13.8 Å². The van der Waals surface area contributed by atoms with Gasteiger partial charge in [-0.1, -0.05) is 37.0 Å². The lowest BCUT2D eigenvalue weighted by molar-refractivity contribution is 0.127. The van der Waals surface area contributed by atoms with Gasteiger partial charge in [0.1, 0.15) is 0 Å². The molecule has 0 heterocycles. The van der Waals surface area contributed by atoms with Crippen LogP contribution < -0.4 is 0 Å². The normalized spacial score (nSPS) is 13.4. The zero-order valence-corrected chi connectivity index (χ0v) is 11.0. The minimum absolute atomic E-state index is 0.0827. The van der Waals surface area contributed by atoms with Crippen molar-refractivity contribution in [2.24, 2.45) is 5.92 Å². The van der Waals surface area contributed by atoms with Crippen molar-refractivity contribution in [3.63, 3.8) is 0 Å². The number of benzene rings is 1. The third-order valence-electron chi connectivity index (χ3n) is 2.01. The first kappa shape index (κ1) is 12.3. The summed E-state index contributed by atoms with van der Waals surface area (Å²) in [7, 11) is 0. The Morgan fingerprint density at radius 2 is 1.86 bits per heavy atom. The number of aliphatic hydroxyl groups excluding tert-OH is 1. The summed E-state index contributed by atoms with van der Waals surface area (Å²) in [6.07, 6.45) is -0.632. The van der Waals surface area contributed by atoms with Gasteiger partial charge in [0.05, 0.1) is 11.1 Å². The molecule has 1 rings (SSSR count). The van der Waals surface area contributed by atoms with E-state index >= 15 is 0 Å². The number of halogens is 3. The lowest BCUT2D eigenvalue weighted by Gasteiger charge is -2.18. The molecule has 1 N–H and O–H groups in total. The highest BCUT2D eigenvalue weighted by Crippen LogP contribution is 2.38. The molecule has 1 atom stereocenters. The van der Waals surface area contributed by atoms with Crippen LogP contribution in [0.15, 0.2) is 16.6 Å². The second kappa shape index (κ2) is 4.84. The maximum absolute atomic E-state index is 9.89. The van der Waals surface area contributed by atoms with Crippen LogP contribution >= 0.6 is 39.1 Å². The van der Waals surface area contributed by atoms with Crippen molar-refractivity contribution in [2.45, 2.75) is 20.0 Å². The van der Waals surface area contributed by atoms with Crippen molar-refractivity contribution in [2.75, 3.05) is 0 Å². The highest BCUT2D eigenvalue weighted by molar-refractivity contribution is 9.10. The van der Waals surface area contributed by atoms with E-state index in [2.05, 4.69) is 15.9 Å². The van der Waals surface area contributed by atoms with Crippen molar-refractivity contribution in [3.8, 4) is 0 Å². The molecule has 0 amide bonds. The Bertz CT molecular complexity index is 339. The molecule has 0 aromatic heterocycles. The minimum atomic E-state index is -0.632. The van der Waals surface area contributed by atoms with Gasteiger partial charge in [-0.05, 0) is 34.0 Å². The largest absolute Gasteiger partial charge is 0.388 e. The lowest BCUT2D eigenvalue weighted by atomic mass is 9.99.